The number of rotatable bonds is 3. The average Bonchev–Trinajstić information content (AvgIpc) is 3.01. The number of aromatic nitrogens is 2. The van der Waals surface area contributed by atoms with Gasteiger partial charge in [0.05, 0.1) is 12.6 Å². The Morgan fingerprint density at radius 1 is 1.33 bits per heavy atom. The number of likely N-dealkylation sites (tertiary alicyclic amines) is 2. The summed E-state index contributed by atoms with van der Waals surface area (Å²) in [6.07, 6.45) is 2.25. The highest BCUT2D eigenvalue weighted by Gasteiger charge is 2.36. The molecule has 2 fully saturated rings. The van der Waals surface area contributed by atoms with Crippen LogP contribution in [0.4, 0.5) is 0 Å². The van der Waals surface area contributed by atoms with Gasteiger partial charge in [-0.15, -0.1) is 0 Å². The van der Waals surface area contributed by atoms with Crippen LogP contribution in [-0.4, -0.2) is 63.4 Å². The first-order chi connectivity index (χ1) is 8.72. The molecule has 0 unspecified atom stereocenters. The fraction of sp³-hybridized carbons (Fsp3) is 0.833. The van der Waals surface area contributed by atoms with Crippen LogP contribution in [0.25, 0.3) is 0 Å². The molecule has 0 aliphatic carbocycles. The van der Waals surface area contributed by atoms with Crippen molar-refractivity contribution < 1.29 is 9.63 Å². The van der Waals surface area contributed by atoms with E-state index in [-0.39, 0.29) is 12.1 Å². The van der Waals surface area contributed by atoms with Crippen LogP contribution >= 0.6 is 0 Å². The average molecular weight is 252 g/mol. The number of aliphatic hydroxyl groups excluding tert-OH is 1. The molecule has 3 rings (SSSR count). The molecule has 1 aromatic heterocycles. The molecule has 0 saturated carbocycles. The predicted molar refractivity (Wildman–Crippen MR) is 64.9 cm³/mol. The van der Waals surface area contributed by atoms with Gasteiger partial charge in [0, 0.05) is 19.1 Å². The Bertz CT molecular complexity index is 403. The standard InChI is InChI=1S/C12H20N4O2/c1-9-13-12(18-14-9)8-15-6-10(11(17)7-15)16-4-2-3-5-16/h10-11,17H,2-8H2,1H3/t10-,11-/m0/s1. The molecule has 0 spiro atoms. The number of nitrogens with zero attached hydrogens (tertiary/aromatic N) is 4. The molecule has 1 aromatic rings. The second-order valence-corrected chi connectivity index (χ2v) is 5.31. The minimum atomic E-state index is -0.257. The molecule has 100 valence electrons. The van der Waals surface area contributed by atoms with E-state index in [1.807, 2.05) is 6.92 Å². The van der Waals surface area contributed by atoms with Gasteiger partial charge in [0.15, 0.2) is 5.82 Å². The van der Waals surface area contributed by atoms with E-state index in [1.165, 1.54) is 12.8 Å². The van der Waals surface area contributed by atoms with Crippen LogP contribution in [-0.2, 0) is 6.54 Å². The smallest absolute Gasteiger partial charge is 0.240 e. The molecule has 0 amide bonds. The van der Waals surface area contributed by atoms with Gasteiger partial charge < -0.3 is 9.63 Å². The Kier molecular flexibility index (Phi) is 3.32. The predicted octanol–water partition coefficient (Wildman–Crippen LogP) is 0.0189. The summed E-state index contributed by atoms with van der Waals surface area (Å²) in [5.41, 5.74) is 0. The van der Waals surface area contributed by atoms with E-state index in [1.54, 1.807) is 0 Å². The summed E-state index contributed by atoms with van der Waals surface area (Å²) in [5, 5.41) is 13.9. The van der Waals surface area contributed by atoms with E-state index in [2.05, 4.69) is 19.9 Å². The number of β-amino-alcohol motifs (C(OH)–C–C–N with tert-alkyl or cyclic N) is 1. The summed E-state index contributed by atoms with van der Waals surface area (Å²) in [7, 11) is 0. The first kappa shape index (κ1) is 12.1. The summed E-state index contributed by atoms with van der Waals surface area (Å²) in [6.45, 7) is 6.29. The fourth-order valence-electron chi connectivity index (χ4n) is 3.00. The van der Waals surface area contributed by atoms with E-state index in [9.17, 15) is 5.11 Å². The van der Waals surface area contributed by atoms with Crippen LogP contribution in [0.3, 0.4) is 0 Å². The quantitative estimate of drug-likeness (QED) is 0.818. The van der Waals surface area contributed by atoms with Gasteiger partial charge in [-0.25, -0.2) is 0 Å². The molecule has 2 atom stereocenters. The van der Waals surface area contributed by atoms with Crippen molar-refractivity contribution in [1.82, 2.24) is 19.9 Å². The molecule has 2 aliphatic heterocycles. The molecule has 0 radical (unpaired) electrons. The zero-order valence-corrected chi connectivity index (χ0v) is 10.7. The Morgan fingerprint density at radius 2 is 2.11 bits per heavy atom. The van der Waals surface area contributed by atoms with Gasteiger partial charge in [-0.2, -0.15) is 4.98 Å². The van der Waals surface area contributed by atoms with Crippen molar-refractivity contribution in [2.45, 2.75) is 38.5 Å². The molecule has 6 heteroatoms. The summed E-state index contributed by atoms with van der Waals surface area (Å²) in [4.78, 5) is 8.81. The lowest BCUT2D eigenvalue weighted by atomic mass is 10.2. The number of hydrogen-bond donors (Lipinski definition) is 1. The highest BCUT2D eigenvalue weighted by atomic mass is 16.5. The second kappa shape index (κ2) is 4.95. The summed E-state index contributed by atoms with van der Waals surface area (Å²) in [5.74, 6) is 1.31. The maximum Gasteiger partial charge on any atom is 0.240 e. The second-order valence-electron chi connectivity index (χ2n) is 5.31. The van der Waals surface area contributed by atoms with Crippen molar-refractivity contribution in [2.24, 2.45) is 0 Å². The Balaban J connectivity index is 1.59. The third-order valence-electron chi connectivity index (χ3n) is 3.87. The molecule has 6 nitrogen and oxygen atoms in total. The molecular formula is C12H20N4O2. The molecule has 0 aromatic carbocycles. The maximum absolute atomic E-state index is 10.2. The summed E-state index contributed by atoms with van der Waals surface area (Å²) >= 11 is 0. The molecule has 18 heavy (non-hydrogen) atoms. The highest BCUT2D eigenvalue weighted by Crippen LogP contribution is 2.22. The number of hydrogen-bond acceptors (Lipinski definition) is 6. The van der Waals surface area contributed by atoms with Gasteiger partial charge in [-0.3, -0.25) is 9.80 Å². The number of aliphatic hydroxyl groups is 1. The van der Waals surface area contributed by atoms with Crippen molar-refractivity contribution in [3.63, 3.8) is 0 Å². The minimum absolute atomic E-state index is 0.257. The van der Waals surface area contributed by atoms with Crippen LogP contribution in [0.1, 0.15) is 24.6 Å². The largest absolute Gasteiger partial charge is 0.390 e. The topological polar surface area (TPSA) is 65.6 Å². The Hall–Kier alpha value is -0.980. The molecule has 0 bridgehead atoms. The summed E-state index contributed by atoms with van der Waals surface area (Å²) in [6, 6.07) is 0.275. The van der Waals surface area contributed by atoms with Crippen molar-refractivity contribution in [3.8, 4) is 0 Å². The molecule has 2 saturated heterocycles. The summed E-state index contributed by atoms with van der Waals surface area (Å²) < 4.78 is 5.12. The normalized spacial score (nSPS) is 30.3. The molecule has 2 aliphatic rings. The molecule has 3 heterocycles. The zero-order valence-electron chi connectivity index (χ0n) is 10.7. The van der Waals surface area contributed by atoms with Gasteiger partial charge >= 0.3 is 0 Å². The van der Waals surface area contributed by atoms with Crippen LogP contribution in [0, 0.1) is 6.92 Å². The lowest BCUT2D eigenvalue weighted by molar-refractivity contribution is 0.0977. The van der Waals surface area contributed by atoms with E-state index < -0.39 is 0 Å². The third kappa shape index (κ3) is 2.41. The minimum Gasteiger partial charge on any atom is -0.390 e. The van der Waals surface area contributed by atoms with Crippen LogP contribution in [0.2, 0.25) is 0 Å². The van der Waals surface area contributed by atoms with Crippen LogP contribution < -0.4 is 0 Å². The fourth-order valence-corrected chi connectivity index (χ4v) is 3.00. The van der Waals surface area contributed by atoms with Crippen molar-refractivity contribution >= 4 is 0 Å². The highest BCUT2D eigenvalue weighted by molar-refractivity contribution is 4.94. The first-order valence-electron chi connectivity index (χ1n) is 6.66. The van der Waals surface area contributed by atoms with Gasteiger partial charge in [-0.05, 0) is 32.9 Å². The Morgan fingerprint density at radius 3 is 2.78 bits per heavy atom. The van der Waals surface area contributed by atoms with Gasteiger partial charge in [0.25, 0.3) is 0 Å². The van der Waals surface area contributed by atoms with Crippen molar-refractivity contribution in [3.05, 3.63) is 11.7 Å². The van der Waals surface area contributed by atoms with E-state index in [0.717, 1.165) is 19.6 Å². The van der Waals surface area contributed by atoms with E-state index in [4.69, 9.17) is 4.52 Å². The van der Waals surface area contributed by atoms with Crippen LogP contribution in [0.15, 0.2) is 4.52 Å². The van der Waals surface area contributed by atoms with Crippen molar-refractivity contribution in [2.75, 3.05) is 26.2 Å². The van der Waals surface area contributed by atoms with Crippen molar-refractivity contribution in [1.29, 1.82) is 0 Å². The third-order valence-corrected chi connectivity index (χ3v) is 3.87. The molecule has 1 N–H and O–H groups in total. The lowest BCUT2D eigenvalue weighted by Gasteiger charge is -2.25. The van der Waals surface area contributed by atoms with Gasteiger partial charge in [0.2, 0.25) is 5.89 Å². The SMILES string of the molecule is Cc1noc(CN2C[C@H](O)[C@@H](N3CCCC3)C2)n1. The maximum atomic E-state index is 10.2. The molecular weight excluding hydrogens is 232 g/mol. The van der Waals surface area contributed by atoms with Gasteiger partial charge in [0.1, 0.15) is 0 Å². The zero-order chi connectivity index (χ0) is 12.5. The van der Waals surface area contributed by atoms with Gasteiger partial charge in [-0.1, -0.05) is 5.16 Å². The van der Waals surface area contributed by atoms with E-state index >= 15 is 0 Å². The number of aryl methyl sites for hydroxylation is 1. The Labute approximate surface area is 107 Å². The van der Waals surface area contributed by atoms with Crippen LogP contribution in [0.5, 0.6) is 0 Å². The lowest BCUT2D eigenvalue weighted by Crippen LogP contribution is -2.41. The van der Waals surface area contributed by atoms with E-state index in [0.29, 0.717) is 24.8 Å². The monoisotopic (exact) mass is 252 g/mol. The first-order valence-corrected chi connectivity index (χ1v) is 6.66.